The fraction of sp³-hybridized carbons (Fsp3) is 0.438. The minimum absolute atomic E-state index is 0.144. The number of nitrogens with zero attached hydrogens (tertiary/aromatic N) is 4. The van der Waals surface area contributed by atoms with E-state index in [4.69, 9.17) is 0 Å². The molecule has 1 aromatic heterocycles. The molecule has 2 amide bonds. The molecule has 1 aliphatic heterocycles. The van der Waals surface area contributed by atoms with Gasteiger partial charge >= 0.3 is 6.03 Å². The van der Waals surface area contributed by atoms with Crippen LogP contribution in [0.2, 0.25) is 0 Å². The molecular weight excluding hydrogens is 326 g/mol. The number of urea groups is 1. The van der Waals surface area contributed by atoms with Crippen LogP contribution in [0.4, 0.5) is 9.93 Å². The van der Waals surface area contributed by atoms with Crippen LogP contribution in [0.3, 0.4) is 0 Å². The molecule has 3 rings (SSSR count). The molecule has 0 spiro atoms. The number of amides is 2. The maximum Gasteiger partial charge on any atom is 0.323 e. The number of benzene rings is 1. The number of aliphatic hydroxyl groups is 1. The third kappa shape index (κ3) is 4.28. The lowest BCUT2D eigenvalue weighted by Crippen LogP contribution is -2.50. The van der Waals surface area contributed by atoms with Gasteiger partial charge in [-0.05, 0) is 12.5 Å². The first-order chi connectivity index (χ1) is 11.6. The van der Waals surface area contributed by atoms with Crippen LogP contribution in [0.25, 0.3) is 0 Å². The Balaban J connectivity index is 1.46. The third-order valence-electron chi connectivity index (χ3n) is 4.01. The largest absolute Gasteiger partial charge is 0.387 e. The number of aryl methyl sites for hydroxylation is 1. The first-order valence-electron chi connectivity index (χ1n) is 7.93. The van der Waals surface area contributed by atoms with Gasteiger partial charge in [-0.1, -0.05) is 41.7 Å². The van der Waals surface area contributed by atoms with Gasteiger partial charge in [0, 0.05) is 32.7 Å². The number of β-amino-alcohol motifs (C(OH)–C–C–N with tert-alkyl or cyclic N) is 1. The fourth-order valence-electron chi connectivity index (χ4n) is 2.68. The summed E-state index contributed by atoms with van der Waals surface area (Å²) in [6, 6.07) is 9.50. The van der Waals surface area contributed by atoms with Crippen molar-refractivity contribution in [1.29, 1.82) is 0 Å². The third-order valence-corrected chi connectivity index (χ3v) is 4.77. The van der Waals surface area contributed by atoms with E-state index in [1.54, 1.807) is 4.90 Å². The summed E-state index contributed by atoms with van der Waals surface area (Å²) in [5, 5.41) is 22.2. The molecule has 0 saturated carbocycles. The Morgan fingerprint density at radius 1 is 1.25 bits per heavy atom. The van der Waals surface area contributed by atoms with Gasteiger partial charge in [-0.15, -0.1) is 10.2 Å². The number of hydrogen-bond acceptors (Lipinski definition) is 6. The van der Waals surface area contributed by atoms with Crippen molar-refractivity contribution in [3.8, 4) is 0 Å². The van der Waals surface area contributed by atoms with E-state index in [9.17, 15) is 9.90 Å². The molecule has 2 heterocycles. The Labute approximate surface area is 144 Å². The Morgan fingerprint density at radius 2 is 1.96 bits per heavy atom. The molecule has 2 N–H and O–H groups in total. The monoisotopic (exact) mass is 347 g/mol. The van der Waals surface area contributed by atoms with Crippen molar-refractivity contribution in [3.05, 3.63) is 40.9 Å². The van der Waals surface area contributed by atoms with Crippen LogP contribution in [-0.4, -0.2) is 63.9 Å². The molecule has 1 saturated heterocycles. The molecular formula is C16H21N5O2S. The standard InChI is InChI=1S/C16H21N5O2S/c1-12-18-19-15(24-12)17-16(23)21-9-7-20(8-10-21)11-14(22)13-5-3-2-4-6-13/h2-6,14,22H,7-11H2,1H3,(H,17,19,23)/t14-/m1/s1. The van der Waals surface area contributed by atoms with Crippen LogP contribution in [0.1, 0.15) is 16.7 Å². The first-order valence-corrected chi connectivity index (χ1v) is 8.75. The molecule has 8 heteroatoms. The van der Waals surface area contributed by atoms with Gasteiger partial charge in [0.1, 0.15) is 5.01 Å². The van der Waals surface area contributed by atoms with E-state index >= 15 is 0 Å². The van der Waals surface area contributed by atoms with Gasteiger partial charge in [0.05, 0.1) is 6.10 Å². The van der Waals surface area contributed by atoms with Crippen LogP contribution in [-0.2, 0) is 0 Å². The van der Waals surface area contributed by atoms with Crippen LogP contribution in [0.5, 0.6) is 0 Å². The summed E-state index contributed by atoms with van der Waals surface area (Å²) in [5.74, 6) is 0. The molecule has 7 nitrogen and oxygen atoms in total. The number of hydrogen-bond donors (Lipinski definition) is 2. The highest BCUT2D eigenvalue weighted by Crippen LogP contribution is 2.17. The minimum atomic E-state index is -0.504. The summed E-state index contributed by atoms with van der Waals surface area (Å²) in [6.07, 6.45) is -0.504. The number of aliphatic hydroxyl groups excluding tert-OH is 1. The van der Waals surface area contributed by atoms with E-state index in [1.807, 2.05) is 37.3 Å². The quantitative estimate of drug-likeness (QED) is 0.880. The Morgan fingerprint density at radius 3 is 2.58 bits per heavy atom. The van der Waals surface area contributed by atoms with Crippen LogP contribution >= 0.6 is 11.3 Å². The number of anilines is 1. The van der Waals surface area contributed by atoms with Gasteiger partial charge in [0.25, 0.3) is 0 Å². The van der Waals surface area contributed by atoms with Crippen molar-refractivity contribution in [3.63, 3.8) is 0 Å². The molecule has 2 aromatic rings. The normalized spacial score (nSPS) is 16.8. The van der Waals surface area contributed by atoms with E-state index in [0.29, 0.717) is 24.8 Å². The van der Waals surface area contributed by atoms with Crippen molar-refractivity contribution in [2.24, 2.45) is 0 Å². The summed E-state index contributed by atoms with van der Waals surface area (Å²) in [6.45, 7) is 5.17. The van der Waals surface area contributed by atoms with Crippen molar-refractivity contribution in [1.82, 2.24) is 20.0 Å². The second kappa shape index (κ2) is 7.69. The van der Waals surface area contributed by atoms with Gasteiger partial charge in [0.15, 0.2) is 0 Å². The maximum atomic E-state index is 12.2. The molecule has 0 unspecified atom stereocenters. The lowest BCUT2D eigenvalue weighted by atomic mass is 10.1. The smallest absolute Gasteiger partial charge is 0.323 e. The highest BCUT2D eigenvalue weighted by Gasteiger charge is 2.23. The van der Waals surface area contributed by atoms with Crippen LogP contribution < -0.4 is 5.32 Å². The second-order valence-corrected chi connectivity index (χ2v) is 6.95. The van der Waals surface area contributed by atoms with Crippen LogP contribution in [0, 0.1) is 6.92 Å². The highest BCUT2D eigenvalue weighted by molar-refractivity contribution is 7.15. The van der Waals surface area contributed by atoms with E-state index in [1.165, 1.54) is 11.3 Å². The molecule has 0 radical (unpaired) electrons. The molecule has 1 aliphatic rings. The van der Waals surface area contributed by atoms with Crippen LogP contribution in [0.15, 0.2) is 30.3 Å². The SMILES string of the molecule is Cc1nnc(NC(=O)N2CCN(C[C@@H](O)c3ccccc3)CC2)s1. The van der Waals surface area contributed by atoms with Gasteiger partial charge < -0.3 is 10.0 Å². The van der Waals surface area contributed by atoms with E-state index in [0.717, 1.165) is 23.7 Å². The zero-order chi connectivity index (χ0) is 16.9. The fourth-order valence-corrected chi connectivity index (χ4v) is 3.26. The van der Waals surface area contributed by atoms with E-state index < -0.39 is 6.10 Å². The lowest BCUT2D eigenvalue weighted by Gasteiger charge is -2.35. The number of piperazine rings is 1. The minimum Gasteiger partial charge on any atom is -0.387 e. The van der Waals surface area contributed by atoms with E-state index in [2.05, 4.69) is 20.4 Å². The summed E-state index contributed by atoms with van der Waals surface area (Å²) >= 11 is 1.36. The number of nitrogens with one attached hydrogen (secondary N) is 1. The zero-order valence-corrected chi connectivity index (χ0v) is 14.4. The van der Waals surface area contributed by atoms with Gasteiger partial charge in [-0.25, -0.2) is 4.79 Å². The summed E-state index contributed by atoms with van der Waals surface area (Å²) in [4.78, 5) is 16.2. The molecule has 0 bridgehead atoms. The molecule has 1 atom stereocenters. The highest BCUT2D eigenvalue weighted by atomic mass is 32.1. The molecule has 1 aromatic carbocycles. The van der Waals surface area contributed by atoms with Crippen molar-refractivity contribution in [2.45, 2.75) is 13.0 Å². The summed E-state index contributed by atoms with van der Waals surface area (Å²) in [5.41, 5.74) is 0.921. The molecule has 0 aliphatic carbocycles. The second-order valence-electron chi connectivity index (χ2n) is 5.77. The molecule has 24 heavy (non-hydrogen) atoms. The Bertz CT molecular complexity index is 670. The molecule has 128 valence electrons. The zero-order valence-electron chi connectivity index (χ0n) is 13.6. The average molecular weight is 347 g/mol. The van der Waals surface area contributed by atoms with Crippen molar-refractivity contribution < 1.29 is 9.90 Å². The number of aromatic nitrogens is 2. The number of carbonyl (C=O) groups excluding carboxylic acids is 1. The Kier molecular flexibility index (Phi) is 5.39. The predicted molar refractivity (Wildman–Crippen MR) is 93.1 cm³/mol. The number of rotatable bonds is 4. The van der Waals surface area contributed by atoms with Gasteiger partial charge in [0.2, 0.25) is 5.13 Å². The van der Waals surface area contributed by atoms with Crippen molar-refractivity contribution in [2.75, 3.05) is 38.0 Å². The van der Waals surface area contributed by atoms with Gasteiger partial charge in [-0.2, -0.15) is 0 Å². The van der Waals surface area contributed by atoms with Gasteiger partial charge in [-0.3, -0.25) is 10.2 Å². The first kappa shape index (κ1) is 16.8. The average Bonchev–Trinajstić information content (AvgIpc) is 3.01. The topological polar surface area (TPSA) is 81.6 Å². The number of carbonyl (C=O) groups is 1. The van der Waals surface area contributed by atoms with Crippen molar-refractivity contribution >= 4 is 22.5 Å². The van der Waals surface area contributed by atoms with E-state index in [-0.39, 0.29) is 6.03 Å². The lowest BCUT2D eigenvalue weighted by molar-refractivity contribution is 0.0831. The summed E-state index contributed by atoms with van der Waals surface area (Å²) < 4.78 is 0. The molecule has 1 fully saturated rings. The predicted octanol–water partition coefficient (Wildman–Crippen LogP) is 1.73. The Hall–Kier alpha value is -2.03. The summed E-state index contributed by atoms with van der Waals surface area (Å²) in [7, 11) is 0. The maximum absolute atomic E-state index is 12.2.